The van der Waals surface area contributed by atoms with Gasteiger partial charge in [0, 0.05) is 0 Å². The topological polar surface area (TPSA) is 0 Å². The van der Waals surface area contributed by atoms with Crippen molar-refractivity contribution in [3.63, 3.8) is 0 Å². The summed E-state index contributed by atoms with van der Waals surface area (Å²) < 4.78 is 0. The normalized spacial score (nSPS) is 13.6. The quantitative estimate of drug-likeness (QED) is 0.402. The second-order valence-corrected chi connectivity index (χ2v) is 5.80. The number of hydrogen-bond acceptors (Lipinski definition) is 0. The van der Waals surface area contributed by atoms with E-state index < -0.39 is 0 Å². The van der Waals surface area contributed by atoms with Crippen LogP contribution in [0.15, 0.2) is 60.7 Å². The third kappa shape index (κ3) is 1.26. The van der Waals surface area contributed by atoms with E-state index in [1.807, 2.05) is 0 Å². The first-order valence-corrected chi connectivity index (χ1v) is 7.26. The van der Waals surface area contributed by atoms with Gasteiger partial charge in [-0.1, -0.05) is 54.6 Å². The molecule has 4 aromatic carbocycles. The lowest BCUT2D eigenvalue weighted by molar-refractivity contribution is 0.974. The Hall–Kier alpha value is -2.34. The minimum absolute atomic E-state index is 1.16. The van der Waals surface area contributed by atoms with Gasteiger partial charge in [-0.05, 0) is 62.4 Å². The van der Waals surface area contributed by atoms with Crippen LogP contribution in [0.25, 0.3) is 32.3 Å². The summed E-state index contributed by atoms with van der Waals surface area (Å²) in [5.74, 6) is 0. The minimum atomic E-state index is 1.16. The molecule has 1 aliphatic carbocycles. The van der Waals surface area contributed by atoms with Crippen LogP contribution >= 0.6 is 0 Å². The Kier molecular flexibility index (Phi) is 1.88. The summed E-state index contributed by atoms with van der Waals surface area (Å²) in [6, 6.07) is 22.6. The third-order valence-corrected chi connectivity index (χ3v) is 4.68. The van der Waals surface area contributed by atoms with Crippen LogP contribution in [-0.4, -0.2) is 0 Å². The summed E-state index contributed by atoms with van der Waals surface area (Å²) in [6.07, 6.45) is 2.33. The first-order valence-electron chi connectivity index (χ1n) is 7.26. The van der Waals surface area contributed by atoms with E-state index in [0.29, 0.717) is 0 Å². The monoisotopic (exact) mass is 254 g/mol. The molecule has 0 aliphatic heterocycles. The summed E-state index contributed by atoms with van der Waals surface area (Å²) in [6.45, 7) is 0. The van der Waals surface area contributed by atoms with Crippen LogP contribution in [0.4, 0.5) is 0 Å². The summed E-state index contributed by atoms with van der Waals surface area (Å²) in [7, 11) is 0. The van der Waals surface area contributed by atoms with E-state index in [-0.39, 0.29) is 0 Å². The molecule has 0 heterocycles. The number of fused-ring (bicyclic) bond motifs is 1. The van der Waals surface area contributed by atoms with Crippen LogP contribution in [0.2, 0.25) is 0 Å². The van der Waals surface area contributed by atoms with Crippen molar-refractivity contribution in [2.75, 3.05) is 0 Å². The van der Waals surface area contributed by atoms with Gasteiger partial charge in [0.25, 0.3) is 0 Å². The van der Waals surface area contributed by atoms with Crippen LogP contribution in [0.5, 0.6) is 0 Å². The maximum absolute atomic E-state index is 2.40. The lowest BCUT2D eigenvalue weighted by Gasteiger charge is -2.12. The molecule has 20 heavy (non-hydrogen) atoms. The number of benzene rings is 2. The highest BCUT2D eigenvalue weighted by Gasteiger charge is 2.15. The average Bonchev–Trinajstić information content (AvgIpc) is 2.82. The van der Waals surface area contributed by atoms with E-state index in [1.165, 1.54) is 49.9 Å². The zero-order chi connectivity index (χ0) is 13.1. The molecular weight excluding hydrogens is 240 g/mol. The van der Waals surface area contributed by atoms with Gasteiger partial charge in [-0.15, -0.1) is 0 Å². The molecule has 0 fully saturated rings. The Bertz CT molecular complexity index is 993. The van der Waals surface area contributed by atoms with Crippen LogP contribution in [0.1, 0.15) is 11.1 Å². The Balaban J connectivity index is 2.15. The second kappa shape index (κ2) is 3.61. The van der Waals surface area contributed by atoms with Crippen LogP contribution in [0.3, 0.4) is 0 Å². The molecule has 0 amide bonds. The Morgan fingerprint density at radius 1 is 0.500 bits per heavy atom. The largest absolute Gasteiger partial charge is 0.0616 e. The van der Waals surface area contributed by atoms with Gasteiger partial charge in [-0.3, -0.25) is 0 Å². The van der Waals surface area contributed by atoms with Gasteiger partial charge in [0.1, 0.15) is 0 Å². The van der Waals surface area contributed by atoms with E-state index in [2.05, 4.69) is 60.7 Å². The molecule has 0 unspecified atom stereocenters. The van der Waals surface area contributed by atoms with Gasteiger partial charge >= 0.3 is 0 Å². The molecular formula is C20H14. The molecule has 0 aromatic heterocycles. The lowest BCUT2D eigenvalue weighted by Crippen LogP contribution is -1.96. The predicted octanol–water partition coefficient (Wildman–Crippen LogP) is 5.24. The van der Waals surface area contributed by atoms with Crippen molar-refractivity contribution in [3.05, 3.63) is 71.8 Å². The van der Waals surface area contributed by atoms with Gasteiger partial charge in [-0.2, -0.15) is 0 Å². The Labute approximate surface area is 117 Å². The highest BCUT2D eigenvalue weighted by Crippen LogP contribution is 2.37. The molecule has 0 radical (unpaired) electrons. The first kappa shape index (κ1) is 10.4. The van der Waals surface area contributed by atoms with Crippen molar-refractivity contribution in [1.29, 1.82) is 0 Å². The summed E-state index contributed by atoms with van der Waals surface area (Å²) in [5.41, 5.74) is 3.03. The molecule has 94 valence electrons. The fourth-order valence-corrected chi connectivity index (χ4v) is 3.74. The highest BCUT2D eigenvalue weighted by atomic mass is 14.2. The molecule has 0 heteroatoms. The van der Waals surface area contributed by atoms with Crippen molar-refractivity contribution in [2.24, 2.45) is 0 Å². The lowest BCUT2D eigenvalue weighted by atomic mass is 9.91. The molecule has 0 bridgehead atoms. The molecule has 0 nitrogen and oxygen atoms in total. The molecule has 0 saturated carbocycles. The van der Waals surface area contributed by atoms with Gasteiger partial charge in [0.2, 0.25) is 0 Å². The number of hydrogen-bond donors (Lipinski definition) is 0. The van der Waals surface area contributed by atoms with Gasteiger partial charge in [0.15, 0.2) is 0 Å². The van der Waals surface area contributed by atoms with Crippen molar-refractivity contribution in [3.8, 4) is 0 Å². The average molecular weight is 254 g/mol. The molecule has 1 aliphatic rings. The van der Waals surface area contributed by atoms with Crippen LogP contribution in [0, 0.1) is 0 Å². The van der Waals surface area contributed by atoms with Gasteiger partial charge < -0.3 is 0 Å². The molecule has 0 atom stereocenters. The standard InChI is InChI=1S/C20H14/c1-2-4-16-12-18-10-8-14-6-5-13-7-9-17(11-15(16)3-1)20(18)19(13)14/h1-7,9,11-12H,8,10H2. The number of aryl methyl sites for hydroxylation is 2. The van der Waals surface area contributed by atoms with Crippen molar-refractivity contribution in [1.82, 2.24) is 0 Å². The van der Waals surface area contributed by atoms with Crippen LogP contribution < -0.4 is 0 Å². The number of rotatable bonds is 0. The van der Waals surface area contributed by atoms with Gasteiger partial charge in [-0.25, -0.2) is 0 Å². The van der Waals surface area contributed by atoms with E-state index in [0.717, 1.165) is 6.42 Å². The summed E-state index contributed by atoms with van der Waals surface area (Å²) in [5, 5.41) is 8.42. The maximum Gasteiger partial charge on any atom is -0.00700 e. The molecule has 0 saturated heterocycles. The second-order valence-electron chi connectivity index (χ2n) is 5.80. The fraction of sp³-hybridized carbons (Fsp3) is 0.100. The zero-order valence-corrected chi connectivity index (χ0v) is 11.2. The molecule has 0 N–H and O–H groups in total. The third-order valence-electron chi connectivity index (χ3n) is 4.68. The summed E-state index contributed by atoms with van der Waals surface area (Å²) in [4.78, 5) is 0. The van der Waals surface area contributed by atoms with E-state index >= 15 is 0 Å². The SMILES string of the molecule is c1ccc2cc3ccc4ccc5c4c3c(cc2c1)CC5. The summed E-state index contributed by atoms with van der Waals surface area (Å²) >= 11 is 0. The predicted molar refractivity (Wildman–Crippen MR) is 86.4 cm³/mol. The highest BCUT2D eigenvalue weighted by molar-refractivity contribution is 6.13. The Morgan fingerprint density at radius 3 is 2.05 bits per heavy atom. The minimum Gasteiger partial charge on any atom is -0.0616 e. The fourth-order valence-electron chi connectivity index (χ4n) is 3.74. The van der Waals surface area contributed by atoms with Crippen LogP contribution in [-0.2, 0) is 12.8 Å². The maximum atomic E-state index is 2.40. The molecule has 0 spiro atoms. The van der Waals surface area contributed by atoms with Crippen molar-refractivity contribution >= 4 is 32.3 Å². The zero-order valence-electron chi connectivity index (χ0n) is 11.2. The van der Waals surface area contributed by atoms with Crippen molar-refractivity contribution in [2.45, 2.75) is 12.8 Å². The van der Waals surface area contributed by atoms with Crippen molar-refractivity contribution < 1.29 is 0 Å². The Morgan fingerprint density at radius 2 is 1.15 bits per heavy atom. The first-order chi connectivity index (χ1) is 9.90. The van der Waals surface area contributed by atoms with Gasteiger partial charge in [0.05, 0.1) is 0 Å². The molecule has 4 aromatic rings. The smallest absolute Gasteiger partial charge is 0.00700 e. The van der Waals surface area contributed by atoms with E-state index in [4.69, 9.17) is 0 Å². The van der Waals surface area contributed by atoms with E-state index in [1.54, 1.807) is 0 Å². The van der Waals surface area contributed by atoms with E-state index in [9.17, 15) is 0 Å². The molecule has 5 rings (SSSR count).